The number of likely N-dealkylation sites (N-methyl/N-ethyl adjacent to an activating group) is 1. The van der Waals surface area contributed by atoms with E-state index in [1.807, 2.05) is 6.92 Å². The molecule has 2 unspecified atom stereocenters. The molecule has 2 amide bonds. The molecular weight excluding hydrogens is 276 g/mol. The first kappa shape index (κ1) is 15.1. The van der Waals surface area contributed by atoms with Crippen LogP contribution < -0.4 is 0 Å². The van der Waals surface area contributed by atoms with Crippen LogP contribution in [0.2, 0.25) is 0 Å². The second-order valence-electron chi connectivity index (χ2n) is 5.27. The lowest BCUT2D eigenvalue weighted by Gasteiger charge is -2.25. The largest absolute Gasteiger partial charge is 0.480 e. The van der Waals surface area contributed by atoms with Crippen LogP contribution in [0.15, 0.2) is 22.8 Å². The van der Waals surface area contributed by atoms with E-state index in [2.05, 4.69) is 0 Å². The highest BCUT2D eigenvalue weighted by atomic mass is 16.4. The normalized spacial score (nSPS) is 21.3. The van der Waals surface area contributed by atoms with Crippen molar-refractivity contribution >= 4 is 17.8 Å². The van der Waals surface area contributed by atoms with Crippen molar-refractivity contribution in [1.82, 2.24) is 9.80 Å². The van der Waals surface area contributed by atoms with Crippen molar-refractivity contribution in [2.45, 2.75) is 19.4 Å². The summed E-state index contributed by atoms with van der Waals surface area (Å²) in [6.07, 6.45) is 2.03. The predicted molar refractivity (Wildman–Crippen MR) is 72.6 cm³/mol. The molecule has 1 saturated heterocycles. The Morgan fingerprint density at radius 1 is 1.48 bits per heavy atom. The lowest BCUT2D eigenvalue weighted by molar-refractivity contribution is -0.149. The summed E-state index contributed by atoms with van der Waals surface area (Å²) >= 11 is 0. The third kappa shape index (κ3) is 3.07. The van der Waals surface area contributed by atoms with Gasteiger partial charge in [-0.05, 0) is 24.5 Å². The van der Waals surface area contributed by atoms with E-state index in [1.54, 1.807) is 6.07 Å². The van der Waals surface area contributed by atoms with Gasteiger partial charge < -0.3 is 19.3 Å². The first-order chi connectivity index (χ1) is 9.91. The molecule has 0 saturated carbocycles. The highest BCUT2D eigenvalue weighted by molar-refractivity contribution is 5.94. The zero-order chi connectivity index (χ0) is 15.6. The fraction of sp³-hybridized carbons (Fsp3) is 0.500. The summed E-state index contributed by atoms with van der Waals surface area (Å²) in [5, 5.41) is 9.21. The van der Waals surface area contributed by atoms with E-state index in [4.69, 9.17) is 4.42 Å². The molecule has 1 fully saturated rings. The molecule has 2 atom stereocenters. The van der Waals surface area contributed by atoms with Crippen molar-refractivity contribution in [2.24, 2.45) is 5.92 Å². The Morgan fingerprint density at radius 3 is 2.76 bits per heavy atom. The lowest BCUT2D eigenvalue weighted by Crippen LogP contribution is -2.47. The van der Waals surface area contributed by atoms with E-state index >= 15 is 0 Å². The Kier molecular flexibility index (Phi) is 4.30. The van der Waals surface area contributed by atoms with Crippen LogP contribution in [0.25, 0.3) is 0 Å². The molecule has 1 aromatic heterocycles. The van der Waals surface area contributed by atoms with Gasteiger partial charge in [-0.1, -0.05) is 6.92 Å². The maximum absolute atomic E-state index is 12.2. The molecule has 0 bridgehead atoms. The van der Waals surface area contributed by atoms with E-state index in [0.717, 1.165) is 0 Å². The summed E-state index contributed by atoms with van der Waals surface area (Å²) in [6.45, 7) is 2.04. The predicted octanol–water partition coefficient (Wildman–Crippen LogP) is 0.673. The number of nitrogens with zero attached hydrogens (tertiary/aromatic N) is 2. The number of likely N-dealkylation sites (tertiary alicyclic amines) is 1. The average Bonchev–Trinajstić information content (AvgIpc) is 3.06. The minimum Gasteiger partial charge on any atom is -0.480 e. The van der Waals surface area contributed by atoms with Crippen molar-refractivity contribution in [1.29, 1.82) is 0 Å². The van der Waals surface area contributed by atoms with Crippen molar-refractivity contribution in [3.8, 4) is 0 Å². The van der Waals surface area contributed by atoms with Gasteiger partial charge in [-0.15, -0.1) is 0 Å². The Balaban J connectivity index is 2.01. The molecule has 1 aliphatic heterocycles. The van der Waals surface area contributed by atoms with Gasteiger partial charge in [0.05, 0.1) is 12.8 Å². The quantitative estimate of drug-likeness (QED) is 0.881. The third-order valence-electron chi connectivity index (χ3n) is 3.72. The number of furan rings is 1. The van der Waals surface area contributed by atoms with E-state index in [9.17, 15) is 19.5 Å². The molecule has 1 aliphatic rings. The monoisotopic (exact) mass is 294 g/mol. The molecule has 0 radical (unpaired) electrons. The summed E-state index contributed by atoms with van der Waals surface area (Å²) in [7, 11) is 1.48. The van der Waals surface area contributed by atoms with Crippen LogP contribution in [0, 0.1) is 5.92 Å². The van der Waals surface area contributed by atoms with Gasteiger partial charge in [0, 0.05) is 13.6 Å². The highest BCUT2D eigenvalue weighted by Gasteiger charge is 2.39. The van der Waals surface area contributed by atoms with Crippen molar-refractivity contribution in [2.75, 3.05) is 20.1 Å². The van der Waals surface area contributed by atoms with E-state index < -0.39 is 17.9 Å². The third-order valence-corrected chi connectivity index (χ3v) is 3.72. The fourth-order valence-corrected chi connectivity index (χ4v) is 2.56. The van der Waals surface area contributed by atoms with Crippen LogP contribution >= 0.6 is 0 Å². The first-order valence-corrected chi connectivity index (χ1v) is 6.73. The van der Waals surface area contributed by atoms with Gasteiger partial charge in [-0.3, -0.25) is 9.59 Å². The second-order valence-corrected chi connectivity index (χ2v) is 5.27. The number of rotatable bonds is 4. The number of hydrogen-bond donors (Lipinski definition) is 1. The van der Waals surface area contributed by atoms with Gasteiger partial charge >= 0.3 is 5.97 Å². The van der Waals surface area contributed by atoms with Crippen LogP contribution in [0.5, 0.6) is 0 Å². The van der Waals surface area contributed by atoms with Gasteiger partial charge in [0.15, 0.2) is 5.76 Å². The van der Waals surface area contributed by atoms with E-state index in [-0.39, 0.29) is 24.1 Å². The van der Waals surface area contributed by atoms with Crippen molar-refractivity contribution < 1.29 is 23.9 Å². The molecule has 1 N–H and O–H groups in total. The molecule has 0 aromatic carbocycles. The van der Waals surface area contributed by atoms with E-state index in [0.29, 0.717) is 13.0 Å². The van der Waals surface area contributed by atoms with Crippen LogP contribution in [-0.4, -0.2) is 58.9 Å². The zero-order valence-corrected chi connectivity index (χ0v) is 12.0. The fourth-order valence-electron chi connectivity index (χ4n) is 2.56. The summed E-state index contributed by atoms with van der Waals surface area (Å²) in [5.41, 5.74) is 0. The number of carbonyl (C=O) groups excluding carboxylic acids is 2. The average molecular weight is 294 g/mol. The van der Waals surface area contributed by atoms with E-state index in [1.165, 1.54) is 29.2 Å². The number of hydrogen-bond acceptors (Lipinski definition) is 4. The van der Waals surface area contributed by atoms with Crippen LogP contribution in [-0.2, 0) is 9.59 Å². The SMILES string of the molecule is CC1CCN(C(=O)CN(C)C(=O)c2ccco2)C1C(=O)O. The lowest BCUT2D eigenvalue weighted by atomic mass is 10.0. The van der Waals surface area contributed by atoms with Gasteiger partial charge in [-0.25, -0.2) is 4.79 Å². The number of amides is 2. The first-order valence-electron chi connectivity index (χ1n) is 6.73. The number of carboxylic acid groups (broad SMARTS) is 1. The van der Waals surface area contributed by atoms with Gasteiger partial charge in [0.25, 0.3) is 5.91 Å². The second kappa shape index (κ2) is 5.99. The molecule has 0 aliphatic carbocycles. The van der Waals surface area contributed by atoms with Crippen LogP contribution in [0.3, 0.4) is 0 Å². The smallest absolute Gasteiger partial charge is 0.326 e. The molecule has 114 valence electrons. The molecule has 0 spiro atoms. The number of carbonyl (C=O) groups is 3. The zero-order valence-electron chi connectivity index (χ0n) is 12.0. The molecule has 2 heterocycles. The van der Waals surface area contributed by atoms with Crippen molar-refractivity contribution in [3.05, 3.63) is 24.2 Å². The minimum atomic E-state index is -1.01. The Labute approximate surface area is 122 Å². The van der Waals surface area contributed by atoms with Crippen LogP contribution in [0.1, 0.15) is 23.9 Å². The topological polar surface area (TPSA) is 91.1 Å². The van der Waals surface area contributed by atoms with Crippen LogP contribution in [0.4, 0.5) is 0 Å². The molecule has 1 aromatic rings. The van der Waals surface area contributed by atoms with Gasteiger partial charge in [-0.2, -0.15) is 0 Å². The number of aliphatic carboxylic acids is 1. The summed E-state index contributed by atoms with van der Waals surface area (Å²) in [6, 6.07) is 2.29. The minimum absolute atomic E-state index is 0.0856. The molecule has 21 heavy (non-hydrogen) atoms. The highest BCUT2D eigenvalue weighted by Crippen LogP contribution is 2.24. The molecule has 7 heteroatoms. The Hall–Kier alpha value is -2.31. The van der Waals surface area contributed by atoms with Crippen molar-refractivity contribution in [3.63, 3.8) is 0 Å². The Bertz CT molecular complexity index is 540. The van der Waals surface area contributed by atoms with Gasteiger partial charge in [0.1, 0.15) is 6.04 Å². The summed E-state index contributed by atoms with van der Waals surface area (Å²) < 4.78 is 4.99. The molecule has 2 rings (SSSR count). The summed E-state index contributed by atoms with van der Waals surface area (Å²) in [4.78, 5) is 38.0. The standard InChI is InChI=1S/C14H18N2O5/c1-9-5-6-16(12(9)14(19)20)11(17)8-15(2)13(18)10-4-3-7-21-10/h3-4,7,9,12H,5-6,8H2,1-2H3,(H,19,20). The molecular formula is C14H18N2O5. The summed E-state index contributed by atoms with van der Waals surface area (Å²) in [5.74, 6) is -1.72. The maximum atomic E-state index is 12.2. The molecule has 7 nitrogen and oxygen atoms in total. The number of carboxylic acids is 1. The van der Waals surface area contributed by atoms with Gasteiger partial charge in [0.2, 0.25) is 5.91 Å². The Morgan fingerprint density at radius 2 is 2.19 bits per heavy atom. The maximum Gasteiger partial charge on any atom is 0.326 e.